The lowest BCUT2D eigenvalue weighted by Gasteiger charge is -2.12. The standard InChI is InChI=1S/C8H16N4O/c9-8(11-13)10-6-3-4-12(5-6)7-1-2-7/h6-7,13H,1-5H2,(H3,9,10,11). The lowest BCUT2D eigenvalue weighted by atomic mass is 10.3. The Bertz CT molecular complexity index is 214. The molecule has 1 unspecified atom stereocenters. The molecule has 2 aliphatic rings. The molecule has 74 valence electrons. The van der Waals surface area contributed by atoms with E-state index in [1.807, 2.05) is 5.48 Å². The summed E-state index contributed by atoms with van der Waals surface area (Å²) in [7, 11) is 0. The number of hydrogen-bond acceptors (Lipinski definition) is 3. The molecule has 5 heteroatoms. The maximum absolute atomic E-state index is 8.46. The first-order valence-corrected chi connectivity index (χ1v) is 4.77. The smallest absolute Gasteiger partial charge is 0.213 e. The van der Waals surface area contributed by atoms with Crippen LogP contribution in [-0.2, 0) is 0 Å². The van der Waals surface area contributed by atoms with Crippen LogP contribution in [0, 0.1) is 0 Å². The van der Waals surface area contributed by atoms with Crippen molar-refractivity contribution < 1.29 is 5.21 Å². The van der Waals surface area contributed by atoms with Crippen LogP contribution in [0.4, 0.5) is 0 Å². The predicted molar refractivity (Wildman–Crippen MR) is 49.5 cm³/mol. The molecule has 0 aromatic heterocycles. The first-order valence-electron chi connectivity index (χ1n) is 4.77. The van der Waals surface area contributed by atoms with Gasteiger partial charge in [0.15, 0.2) is 0 Å². The monoisotopic (exact) mass is 184 g/mol. The van der Waals surface area contributed by atoms with Crippen molar-refractivity contribution in [2.45, 2.75) is 31.3 Å². The van der Waals surface area contributed by atoms with Gasteiger partial charge in [0.25, 0.3) is 0 Å². The van der Waals surface area contributed by atoms with Crippen molar-refractivity contribution in [2.75, 3.05) is 13.1 Å². The van der Waals surface area contributed by atoms with Crippen molar-refractivity contribution in [3.63, 3.8) is 0 Å². The highest BCUT2D eigenvalue weighted by Gasteiger charge is 2.34. The molecule has 0 aromatic rings. The summed E-state index contributed by atoms with van der Waals surface area (Å²) in [6, 6.07) is 1.07. The van der Waals surface area contributed by atoms with Crippen LogP contribution in [0.1, 0.15) is 19.3 Å². The number of guanidine groups is 1. The lowest BCUT2D eigenvalue weighted by Crippen LogP contribution is -2.31. The van der Waals surface area contributed by atoms with Crippen LogP contribution in [0.3, 0.4) is 0 Å². The second-order valence-corrected chi connectivity index (χ2v) is 3.79. The summed E-state index contributed by atoms with van der Waals surface area (Å²) >= 11 is 0. The van der Waals surface area contributed by atoms with E-state index in [2.05, 4.69) is 9.89 Å². The first-order chi connectivity index (χ1) is 6.29. The number of likely N-dealkylation sites (tertiary alicyclic amines) is 1. The molecule has 4 N–H and O–H groups in total. The van der Waals surface area contributed by atoms with E-state index in [4.69, 9.17) is 10.9 Å². The fourth-order valence-corrected chi connectivity index (χ4v) is 1.87. The van der Waals surface area contributed by atoms with Crippen LogP contribution >= 0.6 is 0 Å². The highest BCUT2D eigenvalue weighted by molar-refractivity contribution is 5.76. The van der Waals surface area contributed by atoms with Gasteiger partial charge in [-0.15, -0.1) is 0 Å². The highest BCUT2D eigenvalue weighted by Crippen LogP contribution is 2.30. The summed E-state index contributed by atoms with van der Waals surface area (Å²) in [5.41, 5.74) is 7.22. The van der Waals surface area contributed by atoms with Crippen molar-refractivity contribution >= 4 is 5.96 Å². The van der Waals surface area contributed by atoms with Gasteiger partial charge in [-0.3, -0.25) is 10.1 Å². The van der Waals surface area contributed by atoms with E-state index >= 15 is 0 Å². The summed E-state index contributed by atoms with van der Waals surface area (Å²) in [6.07, 6.45) is 3.73. The van der Waals surface area contributed by atoms with Crippen molar-refractivity contribution in [3.8, 4) is 0 Å². The molecule has 0 bridgehead atoms. The zero-order valence-electron chi connectivity index (χ0n) is 7.61. The van der Waals surface area contributed by atoms with Crippen LogP contribution in [0.2, 0.25) is 0 Å². The number of nitrogens with two attached hydrogens (primary N) is 1. The van der Waals surface area contributed by atoms with E-state index in [0.29, 0.717) is 0 Å². The Labute approximate surface area is 77.6 Å². The Morgan fingerprint density at radius 3 is 2.85 bits per heavy atom. The summed E-state index contributed by atoms with van der Waals surface area (Å²) < 4.78 is 0. The minimum absolute atomic E-state index is 0.127. The van der Waals surface area contributed by atoms with Crippen LogP contribution in [0.5, 0.6) is 0 Å². The molecule has 0 amide bonds. The van der Waals surface area contributed by atoms with Gasteiger partial charge in [0.1, 0.15) is 0 Å². The van der Waals surface area contributed by atoms with Gasteiger partial charge >= 0.3 is 0 Å². The van der Waals surface area contributed by atoms with Crippen molar-refractivity contribution in [2.24, 2.45) is 10.7 Å². The second kappa shape index (κ2) is 3.51. The van der Waals surface area contributed by atoms with Gasteiger partial charge in [0.2, 0.25) is 5.96 Å². The molecule has 2 rings (SSSR count). The van der Waals surface area contributed by atoms with E-state index in [9.17, 15) is 0 Å². The Morgan fingerprint density at radius 1 is 1.46 bits per heavy atom. The summed E-state index contributed by atoms with van der Waals surface area (Å²) in [6.45, 7) is 2.12. The second-order valence-electron chi connectivity index (χ2n) is 3.79. The number of aliphatic imine (C=N–C) groups is 1. The average Bonchev–Trinajstić information content (AvgIpc) is 2.88. The molecule has 0 radical (unpaired) electrons. The fourth-order valence-electron chi connectivity index (χ4n) is 1.87. The van der Waals surface area contributed by atoms with E-state index in [1.165, 1.54) is 12.8 Å². The van der Waals surface area contributed by atoms with E-state index < -0.39 is 0 Å². The molecule has 1 aliphatic heterocycles. The largest absolute Gasteiger partial charge is 0.368 e. The van der Waals surface area contributed by atoms with Gasteiger partial charge in [-0.25, -0.2) is 10.5 Å². The summed E-state index contributed by atoms with van der Waals surface area (Å²) in [5.74, 6) is 0.127. The van der Waals surface area contributed by atoms with E-state index in [-0.39, 0.29) is 12.0 Å². The summed E-state index contributed by atoms with van der Waals surface area (Å²) in [4.78, 5) is 6.60. The SMILES string of the molecule is NC(=NC1CCN(C2CC2)C1)NO. The highest BCUT2D eigenvalue weighted by atomic mass is 16.5. The topological polar surface area (TPSA) is 73.9 Å². The van der Waals surface area contributed by atoms with Gasteiger partial charge in [-0.2, -0.15) is 0 Å². The minimum Gasteiger partial charge on any atom is -0.368 e. The predicted octanol–water partition coefficient (Wildman–Crippen LogP) is -0.483. The molecular weight excluding hydrogens is 168 g/mol. The van der Waals surface area contributed by atoms with Gasteiger partial charge < -0.3 is 5.73 Å². The van der Waals surface area contributed by atoms with Crippen LogP contribution in [-0.4, -0.2) is 41.2 Å². The van der Waals surface area contributed by atoms with Gasteiger partial charge in [-0.05, 0) is 19.3 Å². The molecule has 1 atom stereocenters. The van der Waals surface area contributed by atoms with Crippen molar-refractivity contribution in [1.82, 2.24) is 10.4 Å². The summed E-state index contributed by atoms with van der Waals surface area (Å²) in [5, 5.41) is 8.46. The molecular formula is C8H16N4O. The lowest BCUT2D eigenvalue weighted by molar-refractivity contribution is 0.232. The number of rotatable bonds is 2. The zero-order chi connectivity index (χ0) is 9.26. The molecule has 1 saturated carbocycles. The van der Waals surface area contributed by atoms with Gasteiger partial charge in [-0.1, -0.05) is 0 Å². The molecule has 0 aromatic carbocycles. The molecule has 5 nitrogen and oxygen atoms in total. The van der Waals surface area contributed by atoms with Gasteiger partial charge in [0.05, 0.1) is 6.04 Å². The third-order valence-electron chi connectivity index (χ3n) is 2.69. The number of hydroxylamine groups is 1. The Kier molecular flexibility index (Phi) is 2.37. The van der Waals surface area contributed by atoms with Crippen molar-refractivity contribution in [3.05, 3.63) is 0 Å². The molecule has 1 aliphatic carbocycles. The Balaban J connectivity index is 1.83. The zero-order valence-corrected chi connectivity index (χ0v) is 7.61. The fraction of sp³-hybridized carbons (Fsp3) is 0.875. The first kappa shape index (κ1) is 8.77. The normalized spacial score (nSPS) is 30.8. The number of hydrogen-bond donors (Lipinski definition) is 3. The maximum atomic E-state index is 8.46. The Hall–Kier alpha value is -0.810. The molecule has 2 fully saturated rings. The van der Waals surface area contributed by atoms with Crippen LogP contribution in [0.25, 0.3) is 0 Å². The van der Waals surface area contributed by atoms with Crippen molar-refractivity contribution in [1.29, 1.82) is 0 Å². The third-order valence-corrected chi connectivity index (χ3v) is 2.69. The van der Waals surface area contributed by atoms with Crippen LogP contribution < -0.4 is 11.2 Å². The van der Waals surface area contributed by atoms with Gasteiger partial charge in [0, 0.05) is 19.1 Å². The van der Waals surface area contributed by atoms with E-state index in [1.54, 1.807) is 0 Å². The molecule has 13 heavy (non-hydrogen) atoms. The Morgan fingerprint density at radius 2 is 2.23 bits per heavy atom. The average molecular weight is 184 g/mol. The molecule has 0 spiro atoms. The molecule has 1 heterocycles. The minimum atomic E-state index is 0.127. The maximum Gasteiger partial charge on any atom is 0.213 e. The quantitative estimate of drug-likeness (QED) is 0.308. The number of nitrogens with one attached hydrogen (secondary N) is 1. The van der Waals surface area contributed by atoms with E-state index in [0.717, 1.165) is 25.6 Å². The van der Waals surface area contributed by atoms with Crippen LogP contribution in [0.15, 0.2) is 4.99 Å². The number of nitrogens with zero attached hydrogens (tertiary/aromatic N) is 2. The molecule has 1 saturated heterocycles. The third kappa shape index (κ3) is 2.10.